The van der Waals surface area contributed by atoms with Crippen LogP contribution in [0.25, 0.3) is 0 Å². The third kappa shape index (κ3) is 12.7. The van der Waals surface area contributed by atoms with E-state index < -0.39 is 77.4 Å². The molecule has 43 heavy (non-hydrogen) atoms. The number of carboxylic acids is 1. The van der Waals surface area contributed by atoms with E-state index in [2.05, 4.69) is 5.32 Å². The molecule has 1 rings (SSSR count). The molecule has 0 saturated carbocycles. The molecule has 0 aliphatic carbocycles. The van der Waals surface area contributed by atoms with E-state index >= 15 is 0 Å². The van der Waals surface area contributed by atoms with Gasteiger partial charge >= 0.3 is 11.9 Å². The van der Waals surface area contributed by atoms with Crippen LogP contribution in [0.1, 0.15) is 67.4 Å². The molecule has 0 unspecified atom stereocenters. The molecule has 242 valence electrons. The number of nitrogens with zero attached hydrogens (tertiary/aromatic N) is 2. The fourth-order valence-electron chi connectivity index (χ4n) is 4.36. The maximum atomic E-state index is 14.0. The standard InChI is InChI=1S/C31H50N4O8/c1-19(2)25(26(37)33-22(29(40)41)17-24(36)43-31(6,7)8)35(10)28(39)23(16-20-14-12-11-13-15-20)34(9)27(38)21(32)18-42-30(3,4)5/h11-15,19,21-23,25H,16-18,32H2,1-10H3,(H,33,37)(H,40,41)/t21-,22-,23-,25-/m0/s1. The number of esters is 1. The van der Waals surface area contributed by atoms with Crippen LogP contribution in [-0.2, 0) is 39.9 Å². The van der Waals surface area contributed by atoms with Crippen LogP contribution in [0.2, 0.25) is 0 Å². The number of aliphatic carboxylic acids is 1. The Morgan fingerprint density at radius 1 is 0.907 bits per heavy atom. The van der Waals surface area contributed by atoms with Gasteiger partial charge in [-0.05, 0) is 53.0 Å². The normalized spacial score (nSPS) is 14.7. The summed E-state index contributed by atoms with van der Waals surface area (Å²) in [5.74, 6) is -4.48. The van der Waals surface area contributed by atoms with Crippen LogP contribution in [-0.4, -0.2) is 101 Å². The number of nitrogens with one attached hydrogen (secondary N) is 1. The summed E-state index contributed by atoms with van der Waals surface area (Å²) in [5.41, 5.74) is 5.57. The van der Waals surface area contributed by atoms with Gasteiger partial charge in [0, 0.05) is 20.5 Å². The Labute approximate surface area is 255 Å². The van der Waals surface area contributed by atoms with Crippen LogP contribution in [0.3, 0.4) is 0 Å². The van der Waals surface area contributed by atoms with Gasteiger partial charge in [0.1, 0.15) is 29.8 Å². The molecule has 4 atom stereocenters. The molecule has 4 N–H and O–H groups in total. The van der Waals surface area contributed by atoms with Gasteiger partial charge in [-0.1, -0.05) is 44.2 Å². The highest BCUT2D eigenvalue weighted by Crippen LogP contribution is 2.18. The number of hydrogen-bond acceptors (Lipinski definition) is 8. The van der Waals surface area contributed by atoms with Crippen molar-refractivity contribution in [3.8, 4) is 0 Å². The number of benzene rings is 1. The van der Waals surface area contributed by atoms with E-state index in [-0.39, 0.29) is 13.0 Å². The lowest BCUT2D eigenvalue weighted by Crippen LogP contribution is -2.60. The van der Waals surface area contributed by atoms with Gasteiger partial charge in [0.15, 0.2) is 0 Å². The number of rotatable bonds is 14. The van der Waals surface area contributed by atoms with Crippen molar-refractivity contribution in [3.63, 3.8) is 0 Å². The monoisotopic (exact) mass is 606 g/mol. The zero-order valence-electron chi connectivity index (χ0n) is 27.2. The van der Waals surface area contributed by atoms with Gasteiger partial charge in [-0.3, -0.25) is 19.2 Å². The van der Waals surface area contributed by atoms with Crippen LogP contribution >= 0.6 is 0 Å². The van der Waals surface area contributed by atoms with E-state index in [1.54, 1.807) is 34.6 Å². The summed E-state index contributed by atoms with van der Waals surface area (Å²) in [4.78, 5) is 67.5. The lowest BCUT2D eigenvalue weighted by molar-refractivity contribution is -0.159. The predicted octanol–water partition coefficient (Wildman–Crippen LogP) is 1.98. The molecule has 12 nitrogen and oxygen atoms in total. The number of carboxylic acid groups (broad SMARTS) is 1. The molecule has 12 heteroatoms. The second kappa shape index (κ2) is 15.8. The van der Waals surface area contributed by atoms with Crippen LogP contribution in [0, 0.1) is 5.92 Å². The molecule has 0 spiro atoms. The summed E-state index contributed by atoms with van der Waals surface area (Å²) < 4.78 is 10.9. The lowest BCUT2D eigenvalue weighted by atomic mass is 9.98. The first-order chi connectivity index (χ1) is 19.6. The van der Waals surface area contributed by atoms with E-state index in [1.165, 1.54) is 23.9 Å². The second-order valence-electron chi connectivity index (χ2n) is 13.0. The lowest BCUT2D eigenvalue weighted by Gasteiger charge is -2.37. The Hall–Kier alpha value is -3.51. The molecular weight excluding hydrogens is 556 g/mol. The van der Waals surface area contributed by atoms with Crippen molar-refractivity contribution >= 4 is 29.7 Å². The first-order valence-corrected chi connectivity index (χ1v) is 14.4. The summed E-state index contributed by atoms with van der Waals surface area (Å²) >= 11 is 0. The Bertz CT molecular complexity index is 1110. The zero-order valence-corrected chi connectivity index (χ0v) is 27.2. The molecule has 1 aromatic carbocycles. The van der Waals surface area contributed by atoms with Crippen molar-refractivity contribution in [2.75, 3.05) is 20.7 Å². The van der Waals surface area contributed by atoms with Crippen molar-refractivity contribution in [3.05, 3.63) is 35.9 Å². The van der Waals surface area contributed by atoms with Crippen molar-refractivity contribution in [1.82, 2.24) is 15.1 Å². The topological polar surface area (TPSA) is 169 Å². The minimum atomic E-state index is -1.57. The Kier molecular flexibility index (Phi) is 13.8. The Balaban J connectivity index is 3.29. The predicted molar refractivity (Wildman–Crippen MR) is 162 cm³/mol. The highest BCUT2D eigenvalue weighted by atomic mass is 16.6. The van der Waals surface area contributed by atoms with Gasteiger partial charge in [-0.25, -0.2) is 4.79 Å². The second-order valence-corrected chi connectivity index (χ2v) is 13.0. The quantitative estimate of drug-likeness (QED) is 0.268. The van der Waals surface area contributed by atoms with Gasteiger partial charge in [0.05, 0.1) is 18.6 Å². The molecule has 3 amide bonds. The number of hydrogen-bond donors (Lipinski definition) is 3. The van der Waals surface area contributed by atoms with Crippen LogP contribution in [0.15, 0.2) is 30.3 Å². The van der Waals surface area contributed by atoms with Crippen LogP contribution < -0.4 is 11.1 Å². The molecule has 0 aliphatic heterocycles. The largest absolute Gasteiger partial charge is 0.480 e. The fraction of sp³-hybridized carbons (Fsp3) is 0.645. The number of ether oxygens (including phenoxy) is 2. The zero-order chi connectivity index (χ0) is 33.3. The number of amides is 3. The summed E-state index contributed by atoms with van der Waals surface area (Å²) in [5, 5.41) is 12.1. The van der Waals surface area contributed by atoms with Gasteiger partial charge in [0.25, 0.3) is 0 Å². The SMILES string of the molecule is CC(C)[C@@H](C(=O)N[C@@H](CC(=O)OC(C)(C)C)C(=O)O)N(C)C(=O)[C@H](Cc1ccccc1)N(C)C(=O)[C@@H](N)COC(C)(C)C. The van der Waals surface area contributed by atoms with E-state index in [1.807, 2.05) is 51.1 Å². The Morgan fingerprint density at radius 2 is 1.47 bits per heavy atom. The van der Waals surface area contributed by atoms with Crippen LogP contribution in [0.5, 0.6) is 0 Å². The van der Waals surface area contributed by atoms with E-state index in [0.717, 1.165) is 5.56 Å². The summed E-state index contributed by atoms with van der Waals surface area (Å²) in [6.45, 7) is 13.8. The van der Waals surface area contributed by atoms with Gasteiger partial charge in [-0.2, -0.15) is 0 Å². The maximum absolute atomic E-state index is 14.0. The molecule has 0 bridgehead atoms. The fourth-order valence-corrected chi connectivity index (χ4v) is 4.36. The third-order valence-electron chi connectivity index (χ3n) is 6.46. The maximum Gasteiger partial charge on any atom is 0.326 e. The summed E-state index contributed by atoms with van der Waals surface area (Å²) in [6.07, 6.45) is -0.453. The van der Waals surface area contributed by atoms with E-state index in [9.17, 15) is 29.1 Å². The first-order valence-electron chi connectivity index (χ1n) is 14.4. The van der Waals surface area contributed by atoms with Gasteiger partial charge in [0.2, 0.25) is 17.7 Å². The minimum absolute atomic E-state index is 0.0555. The minimum Gasteiger partial charge on any atom is -0.480 e. The molecule has 0 fully saturated rings. The van der Waals surface area contributed by atoms with Crippen molar-refractivity contribution in [2.45, 2.75) is 104 Å². The first kappa shape index (κ1) is 37.5. The van der Waals surface area contributed by atoms with Crippen molar-refractivity contribution in [1.29, 1.82) is 0 Å². The summed E-state index contributed by atoms with van der Waals surface area (Å²) in [6, 6.07) is 4.34. The molecule has 0 radical (unpaired) electrons. The van der Waals surface area contributed by atoms with Crippen molar-refractivity contribution < 1.29 is 38.6 Å². The number of nitrogens with two attached hydrogens (primary N) is 1. The van der Waals surface area contributed by atoms with Gasteiger partial charge in [-0.15, -0.1) is 0 Å². The molecule has 0 saturated heterocycles. The molecule has 0 aromatic heterocycles. The van der Waals surface area contributed by atoms with Gasteiger partial charge < -0.3 is 35.4 Å². The third-order valence-corrected chi connectivity index (χ3v) is 6.46. The average molecular weight is 607 g/mol. The number of carbonyl (C=O) groups is 5. The summed E-state index contributed by atoms with van der Waals surface area (Å²) in [7, 11) is 2.90. The highest BCUT2D eigenvalue weighted by Gasteiger charge is 2.39. The Morgan fingerprint density at radius 3 is 1.93 bits per heavy atom. The smallest absolute Gasteiger partial charge is 0.326 e. The number of carbonyl (C=O) groups excluding carboxylic acids is 4. The molecule has 0 heterocycles. The van der Waals surface area contributed by atoms with Crippen molar-refractivity contribution in [2.24, 2.45) is 11.7 Å². The van der Waals surface area contributed by atoms with Crippen LogP contribution in [0.4, 0.5) is 0 Å². The van der Waals surface area contributed by atoms with E-state index in [4.69, 9.17) is 15.2 Å². The average Bonchev–Trinajstić information content (AvgIpc) is 2.87. The molecule has 1 aromatic rings. The molecule has 0 aliphatic rings. The van der Waals surface area contributed by atoms with E-state index in [0.29, 0.717) is 0 Å². The molecular formula is C31H50N4O8. The number of likely N-dealkylation sites (N-methyl/N-ethyl adjacent to an activating group) is 2. The highest BCUT2D eigenvalue weighted by molar-refractivity contribution is 5.95.